The normalized spacial score (nSPS) is 20.0. The van der Waals surface area contributed by atoms with Crippen LogP contribution in [0.2, 0.25) is 0 Å². The third kappa shape index (κ3) is 1.35. The van der Waals surface area contributed by atoms with Crippen molar-refractivity contribution < 1.29 is 4.39 Å². The lowest BCUT2D eigenvalue weighted by molar-refractivity contribution is 0.489. The van der Waals surface area contributed by atoms with Crippen molar-refractivity contribution in [1.29, 1.82) is 0 Å². The number of hydrogen-bond donors (Lipinski definition) is 2. The second kappa shape index (κ2) is 3.59. The van der Waals surface area contributed by atoms with E-state index < -0.39 is 0 Å². The second-order valence-corrected chi connectivity index (χ2v) is 4.44. The lowest BCUT2D eigenvalue weighted by Gasteiger charge is -2.21. The summed E-state index contributed by atoms with van der Waals surface area (Å²) in [6.45, 7) is 0. The average Bonchev–Trinajstić information content (AvgIpc) is 2.65. The van der Waals surface area contributed by atoms with Crippen molar-refractivity contribution in [3.05, 3.63) is 35.3 Å². The van der Waals surface area contributed by atoms with Gasteiger partial charge in [-0.15, -0.1) is 0 Å². The van der Waals surface area contributed by atoms with Crippen molar-refractivity contribution in [2.24, 2.45) is 0 Å². The van der Waals surface area contributed by atoms with Gasteiger partial charge in [0.2, 0.25) is 0 Å². The van der Waals surface area contributed by atoms with E-state index >= 15 is 0 Å². The van der Waals surface area contributed by atoms with Crippen LogP contribution in [0.3, 0.4) is 0 Å². The number of aromatic amines is 1. The van der Waals surface area contributed by atoms with Gasteiger partial charge in [-0.05, 0) is 50.1 Å². The molecule has 0 bridgehead atoms. The molecular weight excluding hydrogens is 203 g/mol. The molecule has 16 heavy (non-hydrogen) atoms. The molecule has 2 nitrogen and oxygen atoms in total. The SMILES string of the molecule is CNC1CCCc2c1[nH]c1cc(F)ccc21. The number of hydrogen-bond acceptors (Lipinski definition) is 1. The van der Waals surface area contributed by atoms with Gasteiger partial charge in [-0.2, -0.15) is 0 Å². The summed E-state index contributed by atoms with van der Waals surface area (Å²) in [6, 6.07) is 5.40. The molecule has 0 amide bonds. The van der Waals surface area contributed by atoms with Crippen LogP contribution in [0.4, 0.5) is 4.39 Å². The highest BCUT2D eigenvalue weighted by Gasteiger charge is 2.22. The summed E-state index contributed by atoms with van der Waals surface area (Å²) in [4.78, 5) is 3.36. The van der Waals surface area contributed by atoms with Crippen LogP contribution in [0.5, 0.6) is 0 Å². The molecule has 0 saturated carbocycles. The summed E-state index contributed by atoms with van der Waals surface area (Å²) >= 11 is 0. The molecule has 1 atom stereocenters. The van der Waals surface area contributed by atoms with Crippen LogP contribution in [0.1, 0.15) is 30.1 Å². The monoisotopic (exact) mass is 218 g/mol. The molecule has 1 aliphatic rings. The second-order valence-electron chi connectivity index (χ2n) is 4.44. The molecule has 0 spiro atoms. The first-order valence-electron chi connectivity index (χ1n) is 5.77. The first-order valence-corrected chi connectivity index (χ1v) is 5.77. The molecule has 0 saturated heterocycles. The van der Waals surface area contributed by atoms with E-state index in [1.165, 1.54) is 23.1 Å². The maximum atomic E-state index is 13.1. The van der Waals surface area contributed by atoms with E-state index in [9.17, 15) is 4.39 Å². The third-order valence-corrected chi connectivity index (χ3v) is 3.52. The van der Waals surface area contributed by atoms with Crippen LogP contribution in [-0.4, -0.2) is 12.0 Å². The Morgan fingerprint density at radius 2 is 2.31 bits per heavy atom. The summed E-state index contributed by atoms with van der Waals surface area (Å²) < 4.78 is 13.1. The van der Waals surface area contributed by atoms with E-state index in [1.807, 2.05) is 13.1 Å². The number of H-pyrrole nitrogens is 1. The predicted molar refractivity (Wildman–Crippen MR) is 63.0 cm³/mol. The van der Waals surface area contributed by atoms with E-state index in [1.54, 1.807) is 12.1 Å². The van der Waals surface area contributed by atoms with Crippen molar-refractivity contribution in [3.63, 3.8) is 0 Å². The number of fused-ring (bicyclic) bond motifs is 3. The van der Waals surface area contributed by atoms with Crippen molar-refractivity contribution in [3.8, 4) is 0 Å². The molecule has 1 aliphatic carbocycles. The highest BCUT2D eigenvalue weighted by molar-refractivity contribution is 5.85. The zero-order valence-corrected chi connectivity index (χ0v) is 9.31. The number of aromatic nitrogens is 1. The number of rotatable bonds is 1. The van der Waals surface area contributed by atoms with Gasteiger partial charge < -0.3 is 10.3 Å². The molecular formula is C13H15FN2. The largest absolute Gasteiger partial charge is 0.357 e. The molecule has 1 unspecified atom stereocenters. The van der Waals surface area contributed by atoms with Gasteiger partial charge >= 0.3 is 0 Å². The lowest BCUT2D eigenvalue weighted by atomic mass is 9.92. The Labute approximate surface area is 93.9 Å². The first-order chi connectivity index (χ1) is 7.79. The smallest absolute Gasteiger partial charge is 0.125 e. The van der Waals surface area contributed by atoms with Crippen LogP contribution >= 0.6 is 0 Å². The average molecular weight is 218 g/mol. The van der Waals surface area contributed by atoms with E-state index in [4.69, 9.17) is 0 Å². The Morgan fingerprint density at radius 1 is 1.44 bits per heavy atom. The van der Waals surface area contributed by atoms with Crippen LogP contribution in [0.25, 0.3) is 10.9 Å². The van der Waals surface area contributed by atoms with Crippen molar-refractivity contribution in [2.45, 2.75) is 25.3 Å². The predicted octanol–water partition coefficient (Wildman–Crippen LogP) is 2.90. The van der Waals surface area contributed by atoms with Gasteiger partial charge in [0, 0.05) is 22.6 Å². The molecule has 2 aromatic rings. The molecule has 1 aromatic heterocycles. The Balaban J connectivity index is 2.24. The minimum atomic E-state index is -0.174. The molecule has 0 fully saturated rings. The van der Waals surface area contributed by atoms with E-state index in [-0.39, 0.29) is 5.82 Å². The van der Waals surface area contributed by atoms with E-state index in [2.05, 4.69) is 10.3 Å². The number of benzene rings is 1. The van der Waals surface area contributed by atoms with Gasteiger partial charge in [-0.25, -0.2) is 4.39 Å². The Hall–Kier alpha value is -1.35. The van der Waals surface area contributed by atoms with Gasteiger partial charge in [-0.3, -0.25) is 0 Å². The van der Waals surface area contributed by atoms with Crippen LogP contribution in [-0.2, 0) is 6.42 Å². The van der Waals surface area contributed by atoms with Gasteiger partial charge in [0.1, 0.15) is 5.82 Å². The van der Waals surface area contributed by atoms with Crippen molar-refractivity contribution >= 4 is 10.9 Å². The fourth-order valence-corrected chi connectivity index (χ4v) is 2.73. The third-order valence-electron chi connectivity index (χ3n) is 3.52. The van der Waals surface area contributed by atoms with Crippen LogP contribution < -0.4 is 5.32 Å². The lowest BCUT2D eigenvalue weighted by Crippen LogP contribution is -2.21. The maximum absolute atomic E-state index is 13.1. The summed E-state index contributed by atoms with van der Waals surface area (Å²) in [7, 11) is 1.98. The van der Waals surface area contributed by atoms with E-state index in [0.717, 1.165) is 18.4 Å². The molecule has 3 heteroatoms. The number of nitrogens with one attached hydrogen (secondary N) is 2. The quantitative estimate of drug-likeness (QED) is 0.756. The van der Waals surface area contributed by atoms with E-state index in [0.29, 0.717) is 6.04 Å². The molecule has 1 aromatic carbocycles. The fraction of sp³-hybridized carbons (Fsp3) is 0.385. The van der Waals surface area contributed by atoms with Crippen molar-refractivity contribution in [1.82, 2.24) is 10.3 Å². The van der Waals surface area contributed by atoms with Crippen LogP contribution in [0.15, 0.2) is 18.2 Å². The summed E-state index contributed by atoms with van der Waals surface area (Å²) in [5.74, 6) is -0.174. The van der Waals surface area contributed by atoms with Gasteiger partial charge in [0.05, 0.1) is 0 Å². The Morgan fingerprint density at radius 3 is 3.12 bits per heavy atom. The maximum Gasteiger partial charge on any atom is 0.125 e. The fourth-order valence-electron chi connectivity index (χ4n) is 2.73. The minimum Gasteiger partial charge on any atom is -0.357 e. The molecule has 0 aliphatic heterocycles. The highest BCUT2D eigenvalue weighted by atomic mass is 19.1. The molecule has 3 rings (SSSR count). The van der Waals surface area contributed by atoms with Crippen LogP contribution in [0, 0.1) is 5.82 Å². The number of halogens is 1. The minimum absolute atomic E-state index is 0.174. The molecule has 84 valence electrons. The summed E-state index contributed by atoms with van der Waals surface area (Å²) in [5, 5.41) is 4.49. The highest BCUT2D eigenvalue weighted by Crippen LogP contribution is 2.34. The van der Waals surface area contributed by atoms with Gasteiger partial charge in [0.25, 0.3) is 0 Å². The zero-order chi connectivity index (χ0) is 11.1. The number of aryl methyl sites for hydroxylation is 1. The standard InChI is InChI=1S/C13H15FN2/c1-15-11-4-2-3-10-9-6-5-8(14)7-12(9)16-13(10)11/h5-7,11,15-16H,2-4H2,1H3. The Kier molecular flexibility index (Phi) is 2.21. The Bertz CT molecular complexity index is 530. The molecule has 1 heterocycles. The van der Waals surface area contributed by atoms with Gasteiger partial charge in [-0.1, -0.05) is 0 Å². The zero-order valence-electron chi connectivity index (χ0n) is 9.31. The summed E-state index contributed by atoms with van der Waals surface area (Å²) in [6.07, 6.45) is 3.45. The summed E-state index contributed by atoms with van der Waals surface area (Å²) in [5.41, 5.74) is 3.53. The molecule has 2 N–H and O–H groups in total. The van der Waals surface area contributed by atoms with Gasteiger partial charge in [0.15, 0.2) is 0 Å². The van der Waals surface area contributed by atoms with Crippen molar-refractivity contribution in [2.75, 3.05) is 7.05 Å². The molecule has 0 radical (unpaired) electrons. The topological polar surface area (TPSA) is 27.8 Å². The first kappa shape index (κ1) is 9.85.